The summed E-state index contributed by atoms with van der Waals surface area (Å²) in [4.78, 5) is 14.7. The molecule has 0 amide bonds. The van der Waals surface area contributed by atoms with E-state index in [1.165, 1.54) is 7.11 Å². The van der Waals surface area contributed by atoms with E-state index >= 15 is 0 Å². The molecule has 0 radical (unpaired) electrons. The smallest absolute Gasteiger partial charge is 0.323 e. The molecule has 28 heavy (non-hydrogen) atoms. The number of hydrogen-bond acceptors (Lipinski definition) is 4. The first-order valence-corrected chi connectivity index (χ1v) is 9.64. The number of methoxy groups -OCH3 is 1. The third-order valence-corrected chi connectivity index (χ3v) is 6.08. The normalized spacial score (nSPS) is 25.3. The summed E-state index contributed by atoms with van der Waals surface area (Å²) in [6.07, 6.45) is 2.84. The fraction of sp³-hybridized carbons (Fsp3) is 0.292. The Balaban J connectivity index is 1.59. The Morgan fingerprint density at radius 1 is 1.21 bits per heavy atom. The number of likely N-dealkylation sites (tertiary alicyclic amines) is 1. The molecular formula is C24H26N2O2. The quantitative estimate of drug-likeness (QED) is 0.818. The van der Waals surface area contributed by atoms with Crippen molar-refractivity contribution in [1.29, 1.82) is 0 Å². The summed E-state index contributed by atoms with van der Waals surface area (Å²) < 4.78 is 5.11. The molecule has 4 heteroatoms. The lowest BCUT2D eigenvalue weighted by Gasteiger charge is -2.30. The monoisotopic (exact) mass is 374 g/mol. The molecule has 0 spiro atoms. The Morgan fingerprint density at radius 3 is 2.46 bits per heavy atom. The zero-order valence-corrected chi connectivity index (χ0v) is 16.2. The van der Waals surface area contributed by atoms with Gasteiger partial charge in [0.15, 0.2) is 0 Å². The lowest BCUT2D eigenvalue weighted by atomic mass is 9.86. The van der Waals surface area contributed by atoms with Crippen LogP contribution >= 0.6 is 0 Å². The topological polar surface area (TPSA) is 55.6 Å². The first-order chi connectivity index (χ1) is 13.5. The lowest BCUT2D eigenvalue weighted by molar-refractivity contribution is -0.146. The van der Waals surface area contributed by atoms with Crippen molar-refractivity contribution in [3.63, 3.8) is 0 Å². The van der Waals surface area contributed by atoms with Gasteiger partial charge < -0.3 is 10.5 Å². The highest BCUT2D eigenvalue weighted by Crippen LogP contribution is 2.46. The largest absolute Gasteiger partial charge is 0.468 e. The minimum Gasteiger partial charge on any atom is -0.468 e. The zero-order valence-electron chi connectivity index (χ0n) is 16.2. The molecule has 1 aliphatic heterocycles. The van der Waals surface area contributed by atoms with Crippen molar-refractivity contribution in [3.8, 4) is 0 Å². The summed E-state index contributed by atoms with van der Waals surface area (Å²) in [5.74, 6) is -0.0802. The van der Waals surface area contributed by atoms with Crippen LogP contribution in [0.5, 0.6) is 0 Å². The number of nitrogens with zero attached hydrogens (tertiary/aromatic N) is 1. The number of rotatable bonds is 5. The highest BCUT2D eigenvalue weighted by Gasteiger charge is 2.51. The number of fused-ring (bicyclic) bond motifs is 1. The van der Waals surface area contributed by atoms with E-state index in [2.05, 4.69) is 29.7 Å². The fourth-order valence-electron chi connectivity index (χ4n) is 4.47. The van der Waals surface area contributed by atoms with Crippen molar-refractivity contribution in [3.05, 3.63) is 90.0 Å². The van der Waals surface area contributed by atoms with Gasteiger partial charge in [-0.25, -0.2) is 0 Å². The van der Waals surface area contributed by atoms with Crippen molar-refractivity contribution in [1.82, 2.24) is 4.90 Å². The highest BCUT2D eigenvalue weighted by molar-refractivity contribution is 5.85. The maximum Gasteiger partial charge on any atom is 0.323 e. The van der Waals surface area contributed by atoms with E-state index in [4.69, 9.17) is 10.5 Å². The van der Waals surface area contributed by atoms with Crippen LogP contribution < -0.4 is 5.73 Å². The van der Waals surface area contributed by atoms with E-state index in [1.54, 1.807) is 0 Å². The Bertz CT molecular complexity index is 907. The van der Waals surface area contributed by atoms with Crippen LogP contribution in [0, 0.1) is 5.92 Å². The molecule has 4 rings (SSSR count). The van der Waals surface area contributed by atoms with Gasteiger partial charge in [-0.1, -0.05) is 73.3 Å². The molecular weight excluding hydrogens is 348 g/mol. The van der Waals surface area contributed by atoms with E-state index in [-0.39, 0.29) is 17.9 Å². The molecule has 3 atom stereocenters. The molecule has 4 nitrogen and oxygen atoms in total. The number of benzene rings is 2. The second kappa shape index (κ2) is 7.38. The molecule has 1 aliphatic carbocycles. The summed E-state index contributed by atoms with van der Waals surface area (Å²) in [6, 6.07) is 19.9. The summed E-state index contributed by atoms with van der Waals surface area (Å²) in [5, 5.41) is 0. The van der Waals surface area contributed by atoms with Gasteiger partial charge in [0, 0.05) is 19.0 Å². The number of carbonyl (C=O) groups excluding carboxylic acids is 1. The Hall–Kier alpha value is -2.69. The average molecular weight is 374 g/mol. The summed E-state index contributed by atoms with van der Waals surface area (Å²) >= 11 is 0. The zero-order chi connectivity index (χ0) is 19.7. The maximum atomic E-state index is 12.6. The lowest BCUT2D eigenvalue weighted by Crippen LogP contribution is -2.49. The predicted octanol–water partition coefficient (Wildman–Crippen LogP) is 3.05. The van der Waals surface area contributed by atoms with E-state index in [0.717, 1.165) is 28.8 Å². The number of ether oxygens (including phenoxy) is 1. The predicted molar refractivity (Wildman–Crippen MR) is 111 cm³/mol. The van der Waals surface area contributed by atoms with Crippen LogP contribution in [0.25, 0.3) is 5.57 Å². The molecule has 2 aromatic rings. The van der Waals surface area contributed by atoms with Gasteiger partial charge in [0.2, 0.25) is 0 Å². The van der Waals surface area contributed by atoms with Gasteiger partial charge in [-0.05, 0) is 28.7 Å². The van der Waals surface area contributed by atoms with Crippen molar-refractivity contribution >= 4 is 11.5 Å². The van der Waals surface area contributed by atoms with Crippen LogP contribution in [0.3, 0.4) is 0 Å². The minimum atomic E-state index is -0.547. The van der Waals surface area contributed by atoms with E-state index < -0.39 is 5.54 Å². The van der Waals surface area contributed by atoms with Crippen molar-refractivity contribution in [2.75, 3.05) is 20.2 Å². The summed E-state index contributed by atoms with van der Waals surface area (Å²) in [6.45, 7) is 5.65. The Morgan fingerprint density at radius 2 is 1.86 bits per heavy atom. The van der Waals surface area contributed by atoms with Gasteiger partial charge >= 0.3 is 5.97 Å². The average Bonchev–Trinajstić information content (AvgIpc) is 3.18. The van der Waals surface area contributed by atoms with Gasteiger partial charge in [0.25, 0.3) is 0 Å². The number of hydrogen-bond donors (Lipinski definition) is 1. The standard InChI is InChI=1S/C24H26N2O2/c1-17-21(19-11-7-4-8-12-19)14-20-15-26(16-24(17,20)25)22(23(27)28-2)13-18-9-5-3-6-10-18/h3-12,14,20,22H,1,13,15-16,25H2,2H3. The molecule has 1 fully saturated rings. The van der Waals surface area contributed by atoms with Crippen LogP contribution in [0.1, 0.15) is 11.1 Å². The number of carbonyl (C=O) groups is 1. The summed E-state index contributed by atoms with van der Waals surface area (Å²) in [7, 11) is 1.45. The van der Waals surface area contributed by atoms with Crippen LogP contribution in [0.15, 0.2) is 78.9 Å². The van der Waals surface area contributed by atoms with Gasteiger partial charge in [-0.3, -0.25) is 9.69 Å². The van der Waals surface area contributed by atoms with Crippen molar-refractivity contribution < 1.29 is 9.53 Å². The molecule has 3 unspecified atom stereocenters. The molecule has 2 aromatic carbocycles. The molecule has 0 aromatic heterocycles. The molecule has 2 aliphatic rings. The summed E-state index contributed by atoms with van der Waals surface area (Å²) in [5.41, 5.74) is 10.6. The number of esters is 1. The number of nitrogens with two attached hydrogens (primary N) is 1. The van der Waals surface area contributed by atoms with Crippen LogP contribution in [-0.4, -0.2) is 42.6 Å². The second-order valence-electron chi connectivity index (χ2n) is 7.73. The van der Waals surface area contributed by atoms with E-state index in [9.17, 15) is 4.79 Å². The van der Waals surface area contributed by atoms with Crippen LogP contribution in [-0.2, 0) is 16.0 Å². The second-order valence-corrected chi connectivity index (χ2v) is 7.73. The highest BCUT2D eigenvalue weighted by atomic mass is 16.5. The molecule has 0 bridgehead atoms. The van der Waals surface area contributed by atoms with Gasteiger partial charge in [-0.2, -0.15) is 0 Å². The van der Waals surface area contributed by atoms with Gasteiger partial charge in [0.1, 0.15) is 6.04 Å². The van der Waals surface area contributed by atoms with Gasteiger partial charge in [-0.15, -0.1) is 0 Å². The van der Waals surface area contributed by atoms with Crippen molar-refractivity contribution in [2.45, 2.75) is 18.0 Å². The van der Waals surface area contributed by atoms with Crippen molar-refractivity contribution in [2.24, 2.45) is 11.7 Å². The third-order valence-electron chi connectivity index (χ3n) is 6.08. The van der Waals surface area contributed by atoms with E-state index in [1.807, 2.05) is 48.5 Å². The molecule has 2 N–H and O–H groups in total. The first kappa shape index (κ1) is 18.7. The SMILES string of the molecule is C=C1C(c2ccccc2)=CC2CN(C(Cc3ccccc3)C(=O)OC)CC12N. The fourth-order valence-corrected chi connectivity index (χ4v) is 4.47. The molecule has 0 saturated carbocycles. The van der Waals surface area contributed by atoms with E-state index in [0.29, 0.717) is 13.0 Å². The Kier molecular flexibility index (Phi) is 4.92. The first-order valence-electron chi connectivity index (χ1n) is 9.64. The molecule has 144 valence electrons. The minimum absolute atomic E-state index is 0.137. The van der Waals surface area contributed by atoms with Crippen LogP contribution in [0.4, 0.5) is 0 Å². The maximum absolute atomic E-state index is 12.6. The van der Waals surface area contributed by atoms with Gasteiger partial charge in [0.05, 0.1) is 12.6 Å². The van der Waals surface area contributed by atoms with Crippen LogP contribution in [0.2, 0.25) is 0 Å². The molecule has 1 saturated heterocycles. The Labute approximate surface area is 166 Å². The molecule has 1 heterocycles. The third kappa shape index (κ3) is 3.19.